The van der Waals surface area contributed by atoms with Crippen LogP contribution in [0.5, 0.6) is 5.75 Å². The van der Waals surface area contributed by atoms with Gasteiger partial charge in [0.1, 0.15) is 5.75 Å². The van der Waals surface area contributed by atoms with Gasteiger partial charge in [-0.2, -0.15) is 0 Å². The molecule has 2 aromatic rings. The molecule has 2 aromatic carbocycles. The molecule has 0 fully saturated rings. The van der Waals surface area contributed by atoms with Gasteiger partial charge >= 0.3 is 0 Å². The number of hydrogen-bond donors (Lipinski definition) is 1. The molecule has 2 rings (SSSR count). The van der Waals surface area contributed by atoms with Crippen LogP contribution >= 0.6 is 0 Å². The smallest absolute Gasteiger partial charge is 0.159 e. The first-order chi connectivity index (χ1) is 10.9. The molecular formula is C19H23F2NO. The Morgan fingerprint density at radius 2 is 1.48 bits per heavy atom. The summed E-state index contributed by atoms with van der Waals surface area (Å²) in [7, 11) is 0. The minimum absolute atomic E-state index is 0.0498. The van der Waals surface area contributed by atoms with Crippen LogP contribution in [0.25, 0.3) is 0 Å². The molecule has 124 valence electrons. The lowest BCUT2D eigenvalue weighted by atomic mass is 10.0. The summed E-state index contributed by atoms with van der Waals surface area (Å²) in [4.78, 5) is 0. The van der Waals surface area contributed by atoms with Crippen molar-refractivity contribution in [3.8, 4) is 5.75 Å². The lowest BCUT2D eigenvalue weighted by Gasteiger charge is -2.21. The third-order valence-electron chi connectivity index (χ3n) is 3.67. The Hall–Kier alpha value is -1.94. The SMILES string of the molecule is CC(C)Oc1cccc(C(C)NC(C)c2ccc(F)c(F)c2)c1. The molecule has 0 radical (unpaired) electrons. The Morgan fingerprint density at radius 3 is 2.09 bits per heavy atom. The lowest BCUT2D eigenvalue weighted by Crippen LogP contribution is -2.22. The zero-order valence-corrected chi connectivity index (χ0v) is 13.9. The third-order valence-corrected chi connectivity index (χ3v) is 3.67. The number of hydrogen-bond acceptors (Lipinski definition) is 2. The van der Waals surface area contributed by atoms with Gasteiger partial charge in [-0.1, -0.05) is 18.2 Å². The standard InChI is InChI=1S/C19H23F2NO/c1-12(2)23-17-7-5-6-15(10-17)13(3)22-14(4)16-8-9-18(20)19(21)11-16/h5-14,22H,1-4H3. The quantitative estimate of drug-likeness (QED) is 0.793. The molecular weight excluding hydrogens is 296 g/mol. The fourth-order valence-corrected chi connectivity index (χ4v) is 2.48. The summed E-state index contributed by atoms with van der Waals surface area (Å²) < 4.78 is 32.1. The van der Waals surface area contributed by atoms with Crippen molar-refractivity contribution in [3.63, 3.8) is 0 Å². The molecule has 0 aromatic heterocycles. The molecule has 1 N–H and O–H groups in total. The van der Waals surface area contributed by atoms with E-state index in [-0.39, 0.29) is 18.2 Å². The Morgan fingerprint density at radius 1 is 0.826 bits per heavy atom. The number of benzene rings is 2. The van der Waals surface area contributed by atoms with Gasteiger partial charge in [0.25, 0.3) is 0 Å². The van der Waals surface area contributed by atoms with E-state index >= 15 is 0 Å². The summed E-state index contributed by atoms with van der Waals surface area (Å²) in [6.07, 6.45) is 0.120. The Bertz CT molecular complexity index is 658. The van der Waals surface area contributed by atoms with E-state index in [1.54, 1.807) is 6.07 Å². The lowest BCUT2D eigenvalue weighted by molar-refractivity contribution is 0.242. The van der Waals surface area contributed by atoms with Crippen molar-refractivity contribution in [1.29, 1.82) is 0 Å². The maximum atomic E-state index is 13.4. The highest BCUT2D eigenvalue weighted by molar-refractivity contribution is 5.31. The van der Waals surface area contributed by atoms with Crippen LogP contribution in [0.2, 0.25) is 0 Å². The highest BCUT2D eigenvalue weighted by Gasteiger charge is 2.14. The molecule has 0 amide bonds. The maximum absolute atomic E-state index is 13.4. The first-order valence-corrected chi connectivity index (χ1v) is 7.84. The van der Waals surface area contributed by atoms with Crippen molar-refractivity contribution in [2.75, 3.05) is 0 Å². The number of ether oxygens (including phenoxy) is 1. The zero-order valence-electron chi connectivity index (χ0n) is 13.9. The molecule has 2 atom stereocenters. The van der Waals surface area contributed by atoms with Crippen LogP contribution in [-0.4, -0.2) is 6.10 Å². The van der Waals surface area contributed by atoms with E-state index in [0.717, 1.165) is 17.4 Å². The second-order valence-electron chi connectivity index (χ2n) is 6.02. The number of halogens is 2. The molecule has 0 aliphatic heterocycles. The van der Waals surface area contributed by atoms with E-state index in [2.05, 4.69) is 5.32 Å². The van der Waals surface area contributed by atoms with Crippen molar-refractivity contribution < 1.29 is 13.5 Å². The monoisotopic (exact) mass is 319 g/mol. The second kappa shape index (κ2) is 7.55. The highest BCUT2D eigenvalue weighted by Crippen LogP contribution is 2.24. The average Bonchev–Trinajstić information content (AvgIpc) is 2.49. The Balaban J connectivity index is 2.08. The molecule has 0 aliphatic carbocycles. The fourth-order valence-electron chi connectivity index (χ4n) is 2.48. The molecule has 0 saturated carbocycles. The van der Waals surface area contributed by atoms with E-state index in [9.17, 15) is 8.78 Å². The normalized spacial score (nSPS) is 13.9. The van der Waals surface area contributed by atoms with Crippen LogP contribution < -0.4 is 10.1 Å². The van der Waals surface area contributed by atoms with E-state index in [0.29, 0.717) is 5.56 Å². The summed E-state index contributed by atoms with van der Waals surface area (Å²) in [5.74, 6) is -0.824. The summed E-state index contributed by atoms with van der Waals surface area (Å²) in [5, 5.41) is 3.39. The van der Waals surface area contributed by atoms with Crippen LogP contribution in [0.4, 0.5) is 8.78 Å². The van der Waals surface area contributed by atoms with Gasteiger partial charge in [-0.15, -0.1) is 0 Å². The van der Waals surface area contributed by atoms with Crippen LogP contribution in [0.15, 0.2) is 42.5 Å². The van der Waals surface area contributed by atoms with E-state index < -0.39 is 11.6 Å². The van der Waals surface area contributed by atoms with Gasteiger partial charge in [0.2, 0.25) is 0 Å². The van der Waals surface area contributed by atoms with Gasteiger partial charge in [0.15, 0.2) is 11.6 Å². The zero-order chi connectivity index (χ0) is 17.0. The molecule has 2 unspecified atom stereocenters. The molecule has 23 heavy (non-hydrogen) atoms. The van der Waals surface area contributed by atoms with Gasteiger partial charge in [0, 0.05) is 12.1 Å². The predicted octanol–water partition coefficient (Wildman–Crippen LogP) is 5.16. The minimum Gasteiger partial charge on any atom is -0.491 e. The van der Waals surface area contributed by atoms with Crippen molar-refractivity contribution in [3.05, 3.63) is 65.2 Å². The van der Waals surface area contributed by atoms with Crippen molar-refractivity contribution >= 4 is 0 Å². The molecule has 0 spiro atoms. The summed E-state index contributed by atoms with van der Waals surface area (Å²) in [6.45, 7) is 7.93. The van der Waals surface area contributed by atoms with Gasteiger partial charge in [-0.05, 0) is 63.1 Å². The van der Waals surface area contributed by atoms with Gasteiger partial charge in [-0.3, -0.25) is 0 Å². The molecule has 4 heteroatoms. The molecule has 0 aliphatic rings. The van der Waals surface area contributed by atoms with Crippen LogP contribution in [0, 0.1) is 11.6 Å². The summed E-state index contributed by atoms with van der Waals surface area (Å²) in [6, 6.07) is 11.8. The Labute approximate surface area is 136 Å². The van der Waals surface area contributed by atoms with Crippen molar-refractivity contribution in [2.45, 2.75) is 45.9 Å². The predicted molar refractivity (Wildman–Crippen MR) is 88.5 cm³/mol. The van der Waals surface area contributed by atoms with E-state index in [1.807, 2.05) is 52.0 Å². The number of rotatable bonds is 6. The maximum Gasteiger partial charge on any atom is 0.159 e. The molecule has 0 heterocycles. The van der Waals surface area contributed by atoms with Gasteiger partial charge < -0.3 is 10.1 Å². The molecule has 0 saturated heterocycles. The van der Waals surface area contributed by atoms with Crippen LogP contribution in [0.3, 0.4) is 0 Å². The summed E-state index contributed by atoms with van der Waals surface area (Å²) >= 11 is 0. The van der Waals surface area contributed by atoms with Gasteiger partial charge in [-0.25, -0.2) is 8.78 Å². The first-order valence-electron chi connectivity index (χ1n) is 7.84. The first kappa shape index (κ1) is 17.4. The Kier molecular flexibility index (Phi) is 5.72. The largest absolute Gasteiger partial charge is 0.491 e. The van der Waals surface area contributed by atoms with Crippen LogP contribution in [-0.2, 0) is 0 Å². The third kappa shape index (κ3) is 4.76. The summed E-state index contributed by atoms with van der Waals surface area (Å²) in [5.41, 5.74) is 1.79. The molecule has 0 bridgehead atoms. The fraction of sp³-hybridized carbons (Fsp3) is 0.368. The molecule has 2 nitrogen and oxygen atoms in total. The minimum atomic E-state index is -0.826. The van der Waals surface area contributed by atoms with Crippen molar-refractivity contribution in [1.82, 2.24) is 5.32 Å². The van der Waals surface area contributed by atoms with Crippen LogP contribution in [0.1, 0.15) is 50.9 Å². The van der Waals surface area contributed by atoms with Crippen molar-refractivity contribution in [2.24, 2.45) is 0 Å². The van der Waals surface area contributed by atoms with Gasteiger partial charge in [0.05, 0.1) is 6.10 Å². The number of nitrogens with one attached hydrogen (secondary N) is 1. The topological polar surface area (TPSA) is 21.3 Å². The second-order valence-corrected chi connectivity index (χ2v) is 6.02. The van der Waals surface area contributed by atoms with E-state index in [4.69, 9.17) is 4.74 Å². The average molecular weight is 319 g/mol. The van der Waals surface area contributed by atoms with E-state index in [1.165, 1.54) is 6.07 Å². The highest BCUT2D eigenvalue weighted by atomic mass is 19.2.